The summed E-state index contributed by atoms with van der Waals surface area (Å²) in [7, 11) is 3.35. The Labute approximate surface area is 155 Å². The molecule has 0 N–H and O–H groups in total. The first-order chi connectivity index (χ1) is 12.8. The fourth-order valence-electron chi connectivity index (χ4n) is 2.53. The van der Waals surface area contributed by atoms with E-state index in [1.807, 2.05) is 48.5 Å². The largest absolute Gasteiger partial charge is 0.497 e. The van der Waals surface area contributed by atoms with Crippen LogP contribution in [0.25, 0.3) is 24.3 Å². The maximum absolute atomic E-state index is 5.17. The van der Waals surface area contributed by atoms with Crippen LogP contribution >= 0.6 is 0 Å². The van der Waals surface area contributed by atoms with Gasteiger partial charge in [-0.1, -0.05) is 72.8 Å². The molecule has 2 nitrogen and oxygen atoms in total. The molecule has 0 saturated carbocycles. The summed E-state index contributed by atoms with van der Waals surface area (Å²) in [6.45, 7) is 0. The first-order valence-electron chi connectivity index (χ1n) is 8.51. The third kappa shape index (κ3) is 4.87. The minimum Gasteiger partial charge on any atom is -0.497 e. The molecule has 0 radical (unpaired) electrons. The number of ether oxygens (including phenoxy) is 2. The molecule has 26 heavy (non-hydrogen) atoms. The van der Waals surface area contributed by atoms with Crippen molar-refractivity contribution in [2.75, 3.05) is 14.2 Å². The van der Waals surface area contributed by atoms with Gasteiger partial charge in [0.15, 0.2) is 0 Å². The topological polar surface area (TPSA) is 18.5 Å². The van der Waals surface area contributed by atoms with Crippen LogP contribution in [0.15, 0.2) is 72.8 Å². The molecule has 0 heterocycles. The van der Waals surface area contributed by atoms with Gasteiger partial charge in [-0.3, -0.25) is 0 Å². The Kier molecular flexibility index (Phi) is 5.89. The van der Waals surface area contributed by atoms with Gasteiger partial charge < -0.3 is 9.47 Å². The van der Waals surface area contributed by atoms with Gasteiger partial charge in [-0.2, -0.15) is 0 Å². The molecule has 3 aromatic carbocycles. The molecule has 0 aliphatic heterocycles. The van der Waals surface area contributed by atoms with Crippen molar-refractivity contribution in [1.29, 1.82) is 0 Å². The summed E-state index contributed by atoms with van der Waals surface area (Å²) in [4.78, 5) is 0. The highest BCUT2D eigenvalue weighted by molar-refractivity contribution is 5.73. The van der Waals surface area contributed by atoms with Gasteiger partial charge in [0, 0.05) is 0 Å². The summed E-state index contributed by atoms with van der Waals surface area (Å²) < 4.78 is 10.3. The zero-order chi connectivity index (χ0) is 18.2. The number of hydrogen-bond acceptors (Lipinski definition) is 2. The molecular weight excluding hydrogens is 320 g/mol. The van der Waals surface area contributed by atoms with Gasteiger partial charge >= 0.3 is 0 Å². The molecule has 3 aromatic rings. The Morgan fingerprint density at radius 2 is 0.654 bits per heavy atom. The number of hydrogen-bond donors (Lipinski definition) is 0. The molecule has 0 aliphatic carbocycles. The van der Waals surface area contributed by atoms with Crippen LogP contribution in [0.2, 0.25) is 0 Å². The Morgan fingerprint density at radius 3 is 0.885 bits per heavy atom. The predicted octanol–water partition coefficient (Wildman–Crippen LogP) is 6.04. The monoisotopic (exact) mass is 342 g/mol. The van der Waals surface area contributed by atoms with Crippen LogP contribution in [0.3, 0.4) is 0 Å². The first kappa shape index (κ1) is 17.6. The minimum absolute atomic E-state index is 0.871. The Bertz CT molecular complexity index is 795. The lowest BCUT2D eigenvalue weighted by Gasteiger charge is -2.00. The van der Waals surface area contributed by atoms with Crippen molar-refractivity contribution < 1.29 is 9.47 Å². The van der Waals surface area contributed by atoms with E-state index in [4.69, 9.17) is 9.47 Å². The lowest BCUT2D eigenvalue weighted by molar-refractivity contribution is 0.414. The summed E-state index contributed by atoms with van der Waals surface area (Å²) in [5.41, 5.74) is 4.63. The Morgan fingerprint density at radius 1 is 0.423 bits per heavy atom. The van der Waals surface area contributed by atoms with Crippen molar-refractivity contribution in [3.8, 4) is 11.5 Å². The van der Waals surface area contributed by atoms with Crippen molar-refractivity contribution in [3.05, 3.63) is 95.1 Å². The molecule has 0 aromatic heterocycles. The SMILES string of the molecule is COc1ccc(C=Cc2ccc(C=Cc3ccc(OC)cc3)cc2)cc1. The standard InChI is InChI=1S/C24H22O2/c1-25-23-15-11-21(12-16-23)9-7-19-3-5-20(6-4-19)8-10-22-13-17-24(26-2)18-14-22/h3-18H,1-2H3. The molecule has 0 atom stereocenters. The number of methoxy groups -OCH3 is 2. The minimum atomic E-state index is 0.871. The summed E-state index contributed by atoms with van der Waals surface area (Å²) >= 11 is 0. The van der Waals surface area contributed by atoms with Gasteiger partial charge in [0.05, 0.1) is 14.2 Å². The van der Waals surface area contributed by atoms with Gasteiger partial charge in [0.1, 0.15) is 11.5 Å². The molecule has 2 heteroatoms. The van der Waals surface area contributed by atoms with E-state index in [0.717, 1.165) is 22.6 Å². The molecule has 130 valence electrons. The summed E-state index contributed by atoms with van der Waals surface area (Å²) in [5.74, 6) is 1.74. The van der Waals surface area contributed by atoms with Crippen LogP contribution in [0, 0.1) is 0 Å². The van der Waals surface area contributed by atoms with Gasteiger partial charge in [-0.25, -0.2) is 0 Å². The maximum Gasteiger partial charge on any atom is 0.118 e. The molecular formula is C24H22O2. The normalized spacial score (nSPS) is 11.2. The fraction of sp³-hybridized carbons (Fsp3) is 0.0833. The van der Waals surface area contributed by atoms with Gasteiger partial charge in [0.2, 0.25) is 0 Å². The van der Waals surface area contributed by atoms with Crippen molar-refractivity contribution >= 4 is 24.3 Å². The average Bonchev–Trinajstić information content (AvgIpc) is 2.72. The van der Waals surface area contributed by atoms with Crippen LogP contribution in [0.4, 0.5) is 0 Å². The van der Waals surface area contributed by atoms with Crippen molar-refractivity contribution in [1.82, 2.24) is 0 Å². The average molecular weight is 342 g/mol. The number of rotatable bonds is 6. The van der Waals surface area contributed by atoms with E-state index in [9.17, 15) is 0 Å². The summed E-state index contributed by atoms with van der Waals surface area (Å²) in [6, 6.07) is 24.5. The van der Waals surface area contributed by atoms with Crippen molar-refractivity contribution in [3.63, 3.8) is 0 Å². The Balaban J connectivity index is 1.63. The van der Waals surface area contributed by atoms with Gasteiger partial charge in [-0.05, 0) is 46.5 Å². The molecule has 0 fully saturated rings. The smallest absolute Gasteiger partial charge is 0.118 e. The van der Waals surface area contributed by atoms with Crippen LogP contribution in [0.1, 0.15) is 22.3 Å². The van der Waals surface area contributed by atoms with E-state index in [1.54, 1.807) is 14.2 Å². The van der Waals surface area contributed by atoms with Crippen LogP contribution in [0.5, 0.6) is 11.5 Å². The third-order valence-electron chi connectivity index (χ3n) is 4.10. The summed E-state index contributed by atoms with van der Waals surface area (Å²) in [6.07, 6.45) is 8.42. The quantitative estimate of drug-likeness (QED) is 0.508. The second-order valence-electron chi connectivity index (χ2n) is 5.88. The van der Waals surface area contributed by atoms with E-state index < -0.39 is 0 Å². The van der Waals surface area contributed by atoms with E-state index >= 15 is 0 Å². The van der Waals surface area contributed by atoms with E-state index in [-0.39, 0.29) is 0 Å². The molecule has 0 amide bonds. The highest BCUT2D eigenvalue weighted by atomic mass is 16.5. The third-order valence-corrected chi connectivity index (χ3v) is 4.10. The van der Waals surface area contributed by atoms with E-state index in [2.05, 4.69) is 48.6 Å². The maximum atomic E-state index is 5.17. The molecule has 0 bridgehead atoms. The van der Waals surface area contributed by atoms with Gasteiger partial charge in [-0.15, -0.1) is 0 Å². The molecule has 0 spiro atoms. The molecule has 0 saturated heterocycles. The predicted molar refractivity (Wildman–Crippen MR) is 110 cm³/mol. The fourth-order valence-corrected chi connectivity index (χ4v) is 2.53. The zero-order valence-corrected chi connectivity index (χ0v) is 15.1. The van der Waals surface area contributed by atoms with Crippen LogP contribution in [-0.2, 0) is 0 Å². The lowest BCUT2D eigenvalue weighted by atomic mass is 10.1. The van der Waals surface area contributed by atoms with Gasteiger partial charge in [0.25, 0.3) is 0 Å². The first-order valence-corrected chi connectivity index (χ1v) is 8.51. The Hall–Kier alpha value is -3.26. The van der Waals surface area contributed by atoms with Crippen LogP contribution < -0.4 is 9.47 Å². The molecule has 0 unspecified atom stereocenters. The highest BCUT2D eigenvalue weighted by Crippen LogP contribution is 2.16. The lowest BCUT2D eigenvalue weighted by Crippen LogP contribution is -1.81. The number of benzene rings is 3. The van der Waals surface area contributed by atoms with E-state index in [1.165, 1.54) is 11.1 Å². The molecule has 0 aliphatic rings. The zero-order valence-electron chi connectivity index (χ0n) is 15.1. The molecule has 3 rings (SSSR count). The second kappa shape index (κ2) is 8.72. The highest BCUT2D eigenvalue weighted by Gasteiger charge is 1.93. The van der Waals surface area contributed by atoms with Crippen molar-refractivity contribution in [2.24, 2.45) is 0 Å². The van der Waals surface area contributed by atoms with Crippen LogP contribution in [-0.4, -0.2) is 14.2 Å². The van der Waals surface area contributed by atoms with E-state index in [0.29, 0.717) is 0 Å². The second-order valence-corrected chi connectivity index (χ2v) is 5.88. The summed E-state index contributed by atoms with van der Waals surface area (Å²) in [5, 5.41) is 0. The van der Waals surface area contributed by atoms with Crippen molar-refractivity contribution in [2.45, 2.75) is 0 Å².